The molecule has 3 rings (SSSR count). The second-order valence-electron chi connectivity index (χ2n) is 6.20. The van der Waals surface area contributed by atoms with E-state index in [1.165, 1.54) is 0 Å². The number of fused-ring (bicyclic) bond motifs is 1. The number of nitrogens with zero attached hydrogens (tertiary/aromatic N) is 2. The van der Waals surface area contributed by atoms with Crippen molar-refractivity contribution in [1.29, 1.82) is 0 Å². The summed E-state index contributed by atoms with van der Waals surface area (Å²) in [5, 5.41) is 2.65. The highest BCUT2D eigenvalue weighted by Gasteiger charge is 2.28. The SMILES string of the molecule is CNC(=O)N1CCCCC1COc1cccc2c1C(N)=NS(=O)(=O)C2. The summed E-state index contributed by atoms with van der Waals surface area (Å²) in [4.78, 5) is 13.8. The van der Waals surface area contributed by atoms with Crippen molar-refractivity contribution < 1.29 is 17.9 Å². The normalized spacial score (nSPS) is 21.9. The van der Waals surface area contributed by atoms with Crippen LogP contribution in [0.4, 0.5) is 4.79 Å². The van der Waals surface area contributed by atoms with Crippen molar-refractivity contribution in [1.82, 2.24) is 10.2 Å². The second kappa shape index (κ2) is 6.91. The fourth-order valence-corrected chi connectivity index (χ4v) is 4.39. The van der Waals surface area contributed by atoms with Gasteiger partial charge in [-0.3, -0.25) is 0 Å². The van der Waals surface area contributed by atoms with Gasteiger partial charge in [-0.15, -0.1) is 4.40 Å². The van der Waals surface area contributed by atoms with Crippen LogP contribution in [-0.2, 0) is 15.8 Å². The molecule has 1 aromatic carbocycles. The predicted octanol–water partition coefficient (Wildman–Crippen LogP) is 0.808. The molecule has 25 heavy (non-hydrogen) atoms. The van der Waals surface area contributed by atoms with Gasteiger partial charge in [0.2, 0.25) is 0 Å². The molecule has 1 unspecified atom stereocenters. The molecule has 0 bridgehead atoms. The van der Waals surface area contributed by atoms with Crippen molar-refractivity contribution in [2.45, 2.75) is 31.1 Å². The maximum absolute atomic E-state index is 12.0. The zero-order chi connectivity index (χ0) is 18.0. The van der Waals surface area contributed by atoms with E-state index in [1.54, 1.807) is 30.1 Å². The van der Waals surface area contributed by atoms with E-state index in [2.05, 4.69) is 9.71 Å². The fraction of sp³-hybridized carbons (Fsp3) is 0.500. The van der Waals surface area contributed by atoms with E-state index in [9.17, 15) is 13.2 Å². The number of rotatable bonds is 3. The van der Waals surface area contributed by atoms with E-state index >= 15 is 0 Å². The number of carbonyl (C=O) groups is 1. The van der Waals surface area contributed by atoms with Crippen molar-refractivity contribution in [3.05, 3.63) is 29.3 Å². The molecule has 2 aliphatic heterocycles. The topological polar surface area (TPSA) is 114 Å². The van der Waals surface area contributed by atoms with Crippen molar-refractivity contribution in [3.63, 3.8) is 0 Å². The molecule has 1 aromatic rings. The van der Waals surface area contributed by atoms with Crippen LogP contribution in [0.1, 0.15) is 30.4 Å². The van der Waals surface area contributed by atoms with Crippen LogP contribution in [0.15, 0.2) is 22.6 Å². The summed E-state index contributed by atoms with van der Waals surface area (Å²) in [6, 6.07) is 5.04. The average Bonchev–Trinajstić information content (AvgIpc) is 2.58. The van der Waals surface area contributed by atoms with Gasteiger partial charge >= 0.3 is 6.03 Å². The fourth-order valence-electron chi connectivity index (χ4n) is 3.30. The molecule has 136 valence electrons. The molecular weight excluding hydrogens is 344 g/mol. The van der Waals surface area contributed by atoms with Crippen LogP contribution in [0.2, 0.25) is 0 Å². The summed E-state index contributed by atoms with van der Waals surface area (Å²) < 4.78 is 33.0. The number of carbonyl (C=O) groups excluding carboxylic acids is 1. The first-order valence-electron chi connectivity index (χ1n) is 8.23. The van der Waals surface area contributed by atoms with E-state index in [-0.39, 0.29) is 23.7 Å². The van der Waals surface area contributed by atoms with Gasteiger partial charge in [0.15, 0.2) is 0 Å². The Bertz CT molecular complexity index is 806. The number of piperidine rings is 1. The lowest BCUT2D eigenvalue weighted by Gasteiger charge is -2.35. The first-order chi connectivity index (χ1) is 11.9. The minimum absolute atomic E-state index is 0.0324. The van der Waals surface area contributed by atoms with Crippen molar-refractivity contribution in [2.75, 3.05) is 20.2 Å². The number of urea groups is 1. The highest BCUT2D eigenvalue weighted by atomic mass is 32.2. The molecule has 0 aliphatic carbocycles. The largest absolute Gasteiger partial charge is 0.491 e. The Morgan fingerprint density at radius 1 is 1.44 bits per heavy atom. The molecule has 2 aliphatic rings. The third-order valence-corrected chi connectivity index (χ3v) is 5.63. The molecule has 1 saturated heterocycles. The Kier molecular flexibility index (Phi) is 4.85. The van der Waals surface area contributed by atoms with Crippen LogP contribution in [0.5, 0.6) is 5.75 Å². The van der Waals surface area contributed by atoms with E-state index in [4.69, 9.17) is 10.5 Å². The molecular formula is C16H22N4O4S. The monoisotopic (exact) mass is 366 g/mol. The third-order valence-electron chi connectivity index (χ3n) is 4.48. The van der Waals surface area contributed by atoms with Gasteiger partial charge in [0.05, 0.1) is 17.4 Å². The maximum Gasteiger partial charge on any atom is 0.317 e. The summed E-state index contributed by atoms with van der Waals surface area (Å²) in [6.07, 6.45) is 2.87. The lowest BCUT2D eigenvalue weighted by Crippen LogP contribution is -2.50. The molecule has 3 N–H and O–H groups in total. The van der Waals surface area contributed by atoms with Gasteiger partial charge in [-0.05, 0) is 30.9 Å². The summed E-state index contributed by atoms with van der Waals surface area (Å²) in [5.41, 5.74) is 6.95. The number of likely N-dealkylation sites (tertiary alicyclic amines) is 1. The van der Waals surface area contributed by atoms with Crippen LogP contribution >= 0.6 is 0 Å². The highest BCUT2D eigenvalue weighted by Crippen LogP contribution is 2.29. The standard InChI is InChI=1S/C16H22N4O4S/c1-18-16(21)20-8-3-2-6-12(20)9-24-13-7-4-5-11-10-25(22,23)19-15(17)14(11)13/h4-5,7,12H,2-3,6,8-10H2,1H3,(H2,17,19)(H,18,21). The van der Waals surface area contributed by atoms with Gasteiger partial charge in [-0.25, -0.2) is 13.2 Å². The molecule has 1 fully saturated rings. The van der Waals surface area contributed by atoms with Crippen molar-refractivity contribution >= 4 is 21.9 Å². The number of hydrogen-bond donors (Lipinski definition) is 2. The van der Waals surface area contributed by atoms with Gasteiger partial charge in [0, 0.05) is 13.6 Å². The Morgan fingerprint density at radius 2 is 2.24 bits per heavy atom. The summed E-state index contributed by atoms with van der Waals surface area (Å²) in [5.74, 6) is 0.258. The van der Waals surface area contributed by atoms with Gasteiger partial charge < -0.3 is 20.7 Å². The van der Waals surface area contributed by atoms with E-state index < -0.39 is 10.0 Å². The van der Waals surface area contributed by atoms with Crippen molar-refractivity contribution in [3.8, 4) is 5.75 Å². The number of nitrogens with one attached hydrogen (secondary N) is 1. The minimum atomic E-state index is -3.57. The number of amides is 2. The van der Waals surface area contributed by atoms with Gasteiger partial charge in [0.25, 0.3) is 10.0 Å². The molecule has 0 spiro atoms. The number of sulfonamides is 1. The zero-order valence-corrected chi connectivity index (χ0v) is 14.9. The smallest absolute Gasteiger partial charge is 0.317 e. The second-order valence-corrected chi connectivity index (χ2v) is 7.84. The van der Waals surface area contributed by atoms with Crippen LogP contribution in [0.3, 0.4) is 0 Å². The highest BCUT2D eigenvalue weighted by molar-refractivity contribution is 7.89. The molecule has 2 heterocycles. The number of hydrogen-bond acceptors (Lipinski definition) is 5. The molecule has 9 heteroatoms. The molecule has 0 aromatic heterocycles. The lowest BCUT2D eigenvalue weighted by molar-refractivity contribution is 0.117. The van der Waals surface area contributed by atoms with Crippen LogP contribution in [0.25, 0.3) is 0 Å². The van der Waals surface area contributed by atoms with Crippen molar-refractivity contribution in [2.24, 2.45) is 10.1 Å². The Hall–Kier alpha value is -2.29. The molecule has 0 radical (unpaired) electrons. The van der Waals surface area contributed by atoms with Gasteiger partial charge in [0.1, 0.15) is 18.2 Å². The van der Waals surface area contributed by atoms with Crippen LogP contribution in [-0.4, -0.2) is 51.4 Å². The molecule has 8 nitrogen and oxygen atoms in total. The first-order valence-corrected chi connectivity index (χ1v) is 9.84. The molecule has 2 amide bonds. The predicted molar refractivity (Wildman–Crippen MR) is 94.1 cm³/mol. The zero-order valence-electron chi connectivity index (χ0n) is 14.1. The number of amidine groups is 1. The average molecular weight is 366 g/mol. The number of benzene rings is 1. The molecule has 0 saturated carbocycles. The Labute approximate surface area is 147 Å². The van der Waals surface area contributed by atoms with Crippen LogP contribution in [0, 0.1) is 0 Å². The quantitative estimate of drug-likeness (QED) is 0.821. The van der Waals surface area contributed by atoms with E-state index in [0.29, 0.717) is 30.0 Å². The third kappa shape index (κ3) is 3.71. The van der Waals surface area contributed by atoms with E-state index in [1.807, 2.05) is 0 Å². The Morgan fingerprint density at radius 3 is 3.00 bits per heavy atom. The minimum Gasteiger partial charge on any atom is -0.491 e. The number of ether oxygens (including phenoxy) is 1. The lowest BCUT2D eigenvalue weighted by atomic mass is 10.0. The van der Waals surface area contributed by atoms with Crippen LogP contribution < -0.4 is 15.8 Å². The summed E-state index contributed by atoms with van der Waals surface area (Å²) >= 11 is 0. The number of nitrogens with two attached hydrogens (primary N) is 1. The summed E-state index contributed by atoms with van der Waals surface area (Å²) in [6.45, 7) is 1.02. The van der Waals surface area contributed by atoms with Gasteiger partial charge in [-0.2, -0.15) is 0 Å². The maximum atomic E-state index is 12.0. The summed E-state index contributed by atoms with van der Waals surface area (Å²) in [7, 11) is -1.96. The first kappa shape index (κ1) is 17.5. The molecule has 1 atom stereocenters. The Balaban J connectivity index is 1.79. The van der Waals surface area contributed by atoms with Gasteiger partial charge in [-0.1, -0.05) is 12.1 Å². The van der Waals surface area contributed by atoms with E-state index in [0.717, 1.165) is 19.3 Å².